The molecule has 1 N–H and O–H groups in total. The molecule has 1 aliphatic rings. The Labute approximate surface area is 152 Å². The summed E-state index contributed by atoms with van der Waals surface area (Å²) in [7, 11) is 0. The normalized spacial score (nSPS) is 14.1. The van der Waals surface area contributed by atoms with Crippen molar-refractivity contribution in [1.29, 1.82) is 5.26 Å². The van der Waals surface area contributed by atoms with E-state index in [9.17, 15) is 20.2 Å². The predicted molar refractivity (Wildman–Crippen MR) is 96.5 cm³/mol. The van der Waals surface area contributed by atoms with Crippen molar-refractivity contribution in [2.45, 2.75) is 5.16 Å². The first-order chi connectivity index (χ1) is 12.5. The molecule has 134 valence electrons. The molecule has 2 aromatic rings. The summed E-state index contributed by atoms with van der Waals surface area (Å²) in [5.41, 5.74) is 0.137. The van der Waals surface area contributed by atoms with Crippen LogP contribution in [0.5, 0.6) is 0 Å². The largest absolute Gasteiger partial charge is 0.378 e. The average molecular weight is 373 g/mol. The minimum Gasteiger partial charge on any atom is -0.378 e. The van der Waals surface area contributed by atoms with Gasteiger partial charge < -0.3 is 14.6 Å². The van der Waals surface area contributed by atoms with Gasteiger partial charge in [0, 0.05) is 24.7 Å². The number of H-pyrrole nitrogens is 1. The Morgan fingerprint density at radius 3 is 2.77 bits per heavy atom. The number of nitriles is 1. The van der Waals surface area contributed by atoms with Gasteiger partial charge in [0.05, 0.1) is 23.8 Å². The van der Waals surface area contributed by atoms with Gasteiger partial charge in [-0.05, 0) is 12.3 Å². The Bertz CT molecular complexity index is 947. The molecule has 2 heterocycles. The third-order valence-electron chi connectivity index (χ3n) is 4.00. The minimum absolute atomic E-state index is 0.0962. The van der Waals surface area contributed by atoms with Crippen LogP contribution in [0.3, 0.4) is 0 Å². The molecule has 1 fully saturated rings. The number of morpholine rings is 1. The molecule has 9 nitrogen and oxygen atoms in total. The molecule has 1 saturated heterocycles. The molecule has 0 spiro atoms. The number of nitrogens with one attached hydrogen (secondary N) is 1. The summed E-state index contributed by atoms with van der Waals surface area (Å²) in [6, 6.07) is 6.46. The number of benzene rings is 1. The highest BCUT2D eigenvalue weighted by Crippen LogP contribution is 2.33. The number of thioether (sulfide) groups is 1. The first kappa shape index (κ1) is 17.9. The molecule has 0 amide bonds. The zero-order valence-corrected chi connectivity index (χ0v) is 14.7. The number of aromatic amines is 1. The molecule has 0 atom stereocenters. The number of hydrogen-bond acceptors (Lipinski definition) is 8. The van der Waals surface area contributed by atoms with Crippen LogP contribution in [0.4, 0.5) is 11.4 Å². The summed E-state index contributed by atoms with van der Waals surface area (Å²) >= 11 is 1.22. The zero-order valence-electron chi connectivity index (χ0n) is 13.9. The maximum absolute atomic E-state index is 12.1. The molecular formula is C16H15N5O4S. The molecule has 0 unspecified atom stereocenters. The van der Waals surface area contributed by atoms with Crippen molar-refractivity contribution in [2.75, 3.05) is 37.5 Å². The number of nitro benzene ring substituents is 1. The smallest absolute Gasteiger partial charge is 0.293 e. The molecular weight excluding hydrogens is 358 g/mol. The second kappa shape index (κ2) is 7.55. The van der Waals surface area contributed by atoms with Gasteiger partial charge in [0.2, 0.25) is 0 Å². The maximum Gasteiger partial charge on any atom is 0.293 e. The van der Waals surface area contributed by atoms with Crippen molar-refractivity contribution >= 4 is 23.1 Å². The standard InChI is InChI=1S/C16H15N5O4S/c1-26-16-18-14(11(9-17)15(22)19-16)10-2-3-12(13(8-10)21(23)24)20-4-6-25-7-5-20/h2-3,8H,4-7H2,1H3,(H,18,19,22). The molecule has 0 radical (unpaired) electrons. The average Bonchev–Trinajstić information content (AvgIpc) is 2.67. The van der Waals surface area contributed by atoms with E-state index in [1.807, 2.05) is 11.0 Å². The Hall–Kier alpha value is -2.90. The summed E-state index contributed by atoms with van der Waals surface area (Å²) in [5.74, 6) is 0. The first-order valence-corrected chi connectivity index (χ1v) is 8.97. The Morgan fingerprint density at radius 2 is 2.15 bits per heavy atom. The molecule has 0 saturated carbocycles. The van der Waals surface area contributed by atoms with Crippen LogP contribution in [-0.2, 0) is 4.74 Å². The topological polar surface area (TPSA) is 125 Å². The Kier molecular flexibility index (Phi) is 5.20. The summed E-state index contributed by atoms with van der Waals surface area (Å²) in [6.07, 6.45) is 1.73. The van der Waals surface area contributed by atoms with E-state index in [1.165, 1.54) is 17.8 Å². The van der Waals surface area contributed by atoms with E-state index in [2.05, 4.69) is 9.97 Å². The minimum atomic E-state index is -0.568. The second-order valence-corrected chi connectivity index (χ2v) is 6.27. The van der Waals surface area contributed by atoms with Gasteiger partial charge in [-0.15, -0.1) is 0 Å². The summed E-state index contributed by atoms with van der Waals surface area (Å²) in [4.78, 5) is 31.8. The van der Waals surface area contributed by atoms with Gasteiger partial charge in [-0.3, -0.25) is 14.9 Å². The quantitative estimate of drug-likeness (QED) is 0.372. The number of nitrogens with zero attached hydrogens (tertiary/aromatic N) is 4. The van der Waals surface area contributed by atoms with E-state index in [1.54, 1.807) is 18.4 Å². The summed E-state index contributed by atoms with van der Waals surface area (Å²) in [6.45, 7) is 2.13. The van der Waals surface area contributed by atoms with E-state index >= 15 is 0 Å². The molecule has 0 aliphatic carbocycles. The van der Waals surface area contributed by atoms with Crippen LogP contribution in [0.1, 0.15) is 5.56 Å². The monoisotopic (exact) mass is 373 g/mol. The predicted octanol–water partition coefficient (Wildman–Crippen LogP) is 1.78. The number of ether oxygens (including phenoxy) is 1. The highest BCUT2D eigenvalue weighted by Gasteiger charge is 2.24. The lowest BCUT2D eigenvalue weighted by molar-refractivity contribution is -0.384. The van der Waals surface area contributed by atoms with Crippen LogP contribution >= 0.6 is 11.8 Å². The summed E-state index contributed by atoms with van der Waals surface area (Å²) < 4.78 is 5.29. The van der Waals surface area contributed by atoms with Crippen LogP contribution < -0.4 is 10.5 Å². The second-order valence-electron chi connectivity index (χ2n) is 5.47. The summed E-state index contributed by atoms with van der Waals surface area (Å²) in [5, 5.41) is 21.2. The van der Waals surface area contributed by atoms with Crippen molar-refractivity contribution in [3.8, 4) is 17.3 Å². The number of hydrogen-bond donors (Lipinski definition) is 1. The van der Waals surface area contributed by atoms with Crippen molar-refractivity contribution in [3.05, 3.63) is 44.2 Å². The van der Waals surface area contributed by atoms with E-state index < -0.39 is 10.5 Å². The zero-order chi connectivity index (χ0) is 18.7. The van der Waals surface area contributed by atoms with Gasteiger partial charge in [-0.25, -0.2) is 4.98 Å². The van der Waals surface area contributed by atoms with Gasteiger partial charge in [0.1, 0.15) is 17.3 Å². The highest BCUT2D eigenvalue weighted by molar-refractivity contribution is 7.98. The third-order valence-corrected chi connectivity index (χ3v) is 4.58. The fourth-order valence-electron chi connectivity index (χ4n) is 2.75. The molecule has 1 aliphatic heterocycles. The Balaban J connectivity index is 2.14. The lowest BCUT2D eigenvalue weighted by atomic mass is 10.1. The molecule has 0 bridgehead atoms. The first-order valence-electron chi connectivity index (χ1n) is 7.75. The van der Waals surface area contributed by atoms with E-state index in [0.29, 0.717) is 42.7 Å². The fourth-order valence-corrected chi connectivity index (χ4v) is 3.13. The molecule has 3 rings (SSSR count). The number of nitro groups is 1. The molecule has 1 aromatic heterocycles. The third kappa shape index (κ3) is 3.40. The fraction of sp³-hybridized carbons (Fsp3) is 0.312. The van der Waals surface area contributed by atoms with Gasteiger partial charge in [0.25, 0.3) is 11.2 Å². The van der Waals surface area contributed by atoms with Gasteiger partial charge >= 0.3 is 0 Å². The van der Waals surface area contributed by atoms with Crippen LogP contribution in [0.25, 0.3) is 11.3 Å². The van der Waals surface area contributed by atoms with Crippen molar-refractivity contribution in [1.82, 2.24) is 9.97 Å². The van der Waals surface area contributed by atoms with Crippen molar-refractivity contribution < 1.29 is 9.66 Å². The maximum atomic E-state index is 12.1. The van der Waals surface area contributed by atoms with Crippen LogP contribution in [0, 0.1) is 21.4 Å². The van der Waals surface area contributed by atoms with E-state index in [-0.39, 0.29) is 16.9 Å². The van der Waals surface area contributed by atoms with E-state index in [0.717, 1.165) is 0 Å². The molecule has 1 aromatic carbocycles. The van der Waals surface area contributed by atoms with Gasteiger partial charge in [0.15, 0.2) is 5.16 Å². The van der Waals surface area contributed by atoms with Gasteiger partial charge in [-0.1, -0.05) is 17.8 Å². The number of rotatable bonds is 4. The van der Waals surface area contributed by atoms with Crippen LogP contribution in [0.15, 0.2) is 28.2 Å². The van der Waals surface area contributed by atoms with Gasteiger partial charge in [-0.2, -0.15) is 5.26 Å². The lowest BCUT2D eigenvalue weighted by Crippen LogP contribution is -2.36. The Morgan fingerprint density at radius 1 is 1.42 bits per heavy atom. The van der Waals surface area contributed by atoms with E-state index in [4.69, 9.17) is 4.74 Å². The SMILES string of the molecule is CSc1nc(-c2ccc(N3CCOCC3)c([N+](=O)[O-])c2)c(C#N)c(=O)[nH]1. The molecule has 10 heteroatoms. The lowest BCUT2D eigenvalue weighted by Gasteiger charge is -2.28. The highest BCUT2D eigenvalue weighted by atomic mass is 32.2. The number of aromatic nitrogens is 2. The van der Waals surface area contributed by atoms with Crippen LogP contribution in [0.2, 0.25) is 0 Å². The van der Waals surface area contributed by atoms with Crippen LogP contribution in [-0.4, -0.2) is 47.5 Å². The van der Waals surface area contributed by atoms with Crippen molar-refractivity contribution in [2.24, 2.45) is 0 Å². The number of anilines is 1. The van der Waals surface area contributed by atoms with Crippen molar-refractivity contribution in [3.63, 3.8) is 0 Å². The molecule has 26 heavy (non-hydrogen) atoms.